The summed E-state index contributed by atoms with van der Waals surface area (Å²) in [6.07, 6.45) is 0. The summed E-state index contributed by atoms with van der Waals surface area (Å²) in [5.41, 5.74) is 1.03. The van der Waals surface area contributed by atoms with Gasteiger partial charge in [0.15, 0.2) is 0 Å². The lowest BCUT2D eigenvalue weighted by Gasteiger charge is -2.11. The SMILES string of the molecule is COc1cc(OC)cc(C(=S)Nc2ccccc2F)c1. The average Bonchev–Trinajstić information content (AvgIpc) is 2.48. The third-order valence-electron chi connectivity index (χ3n) is 2.74. The largest absolute Gasteiger partial charge is 0.497 e. The first-order chi connectivity index (χ1) is 9.63. The molecule has 2 rings (SSSR count). The highest BCUT2D eigenvalue weighted by Gasteiger charge is 2.08. The standard InChI is InChI=1S/C15H14FNO2S/c1-18-11-7-10(8-12(9-11)19-2)15(20)17-14-6-4-3-5-13(14)16/h3-9H,1-2H3,(H,17,20). The fourth-order valence-corrected chi connectivity index (χ4v) is 1.92. The Morgan fingerprint density at radius 1 is 1.05 bits per heavy atom. The van der Waals surface area contributed by atoms with E-state index in [1.54, 1.807) is 50.6 Å². The smallest absolute Gasteiger partial charge is 0.146 e. The number of rotatable bonds is 4. The summed E-state index contributed by atoms with van der Waals surface area (Å²) in [7, 11) is 3.12. The third-order valence-corrected chi connectivity index (χ3v) is 3.07. The van der Waals surface area contributed by atoms with Crippen molar-refractivity contribution in [2.45, 2.75) is 0 Å². The van der Waals surface area contributed by atoms with Gasteiger partial charge >= 0.3 is 0 Å². The van der Waals surface area contributed by atoms with E-state index in [1.165, 1.54) is 6.07 Å². The second-order valence-corrected chi connectivity index (χ2v) is 4.44. The van der Waals surface area contributed by atoms with Crippen molar-refractivity contribution in [3.8, 4) is 11.5 Å². The second-order valence-electron chi connectivity index (χ2n) is 4.04. The third kappa shape index (κ3) is 3.24. The number of halogens is 1. The number of thiocarbonyl (C=S) groups is 1. The molecular weight excluding hydrogens is 277 g/mol. The lowest BCUT2D eigenvalue weighted by Crippen LogP contribution is -2.12. The van der Waals surface area contributed by atoms with Crippen molar-refractivity contribution in [2.75, 3.05) is 19.5 Å². The van der Waals surface area contributed by atoms with Crippen molar-refractivity contribution < 1.29 is 13.9 Å². The van der Waals surface area contributed by atoms with Gasteiger partial charge in [0.05, 0.1) is 19.9 Å². The van der Waals surface area contributed by atoms with Crippen LogP contribution in [0.5, 0.6) is 11.5 Å². The van der Waals surface area contributed by atoms with Crippen molar-refractivity contribution in [1.82, 2.24) is 0 Å². The number of nitrogens with one attached hydrogen (secondary N) is 1. The van der Waals surface area contributed by atoms with E-state index >= 15 is 0 Å². The highest BCUT2D eigenvalue weighted by Crippen LogP contribution is 2.24. The molecule has 2 aromatic carbocycles. The molecule has 0 aliphatic carbocycles. The highest BCUT2D eigenvalue weighted by molar-refractivity contribution is 7.81. The molecule has 0 aromatic heterocycles. The van der Waals surface area contributed by atoms with Crippen molar-refractivity contribution in [2.24, 2.45) is 0 Å². The Bertz CT molecular complexity index is 609. The van der Waals surface area contributed by atoms with Crippen molar-refractivity contribution in [3.05, 3.63) is 53.8 Å². The summed E-state index contributed by atoms with van der Waals surface area (Å²) in [5.74, 6) is 0.888. The molecule has 0 saturated carbocycles. The Morgan fingerprint density at radius 3 is 2.20 bits per heavy atom. The summed E-state index contributed by atoms with van der Waals surface area (Å²) in [5, 5.41) is 2.87. The summed E-state index contributed by atoms with van der Waals surface area (Å²) < 4.78 is 23.9. The first-order valence-electron chi connectivity index (χ1n) is 5.93. The number of benzene rings is 2. The van der Waals surface area contributed by atoms with E-state index in [0.29, 0.717) is 27.7 Å². The second kappa shape index (κ2) is 6.34. The van der Waals surface area contributed by atoms with Crippen LogP contribution in [0.2, 0.25) is 0 Å². The van der Waals surface area contributed by atoms with Crippen LogP contribution < -0.4 is 14.8 Å². The van der Waals surface area contributed by atoms with Crippen LogP contribution in [0.4, 0.5) is 10.1 Å². The summed E-state index contributed by atoms with van der Waals surface area (Å²) in [6, 6.07) is 11.6. The van der Waals surface area contributed by atoms with E-state index in [-0.39, 0.29) is 5.82 Å². The predicted molar refractivity (Wildman–Crippen MR) is 81.3 cm³/mol. The molecule has 104 valence electrons. The molecule has 0 heterocycles. The maximum atomic E-state index is 13.6. The average molecular weight is 291 g/mol. The van der Waals surface area contributed by atoms with E-state index < -0.39 is 0 Å². The van der Waals surface area contributed by atoms with E-state index in [9.17, 15) is 4.39 Å². The van der Waals surface area contributed by atoms with Gasteiger partial charge in [-0.2, -0.15) is 0 Å². The molecule has 1 N–H and O–H groups in total. The van der Waals surface area contributed by atoms with Gasteiger partial charge in [-0.3, -0.25) is 0 Å². The summed E-state index contributed by atoms with van der Waals surface area (Å²) in [4.78, 5) is 0.396. The molecule has 0 bridgehead atoms. The number of anilines is 1. The summed E-state index contributed by atoms with van der Waals surface area (Å²) >= 11 is 5.29. The van der Waals surface area contributed by atoms with Gasteiger partial charge in [-0.25, -0.2) is 4.39 Å². The minimum absolute atomic E-state index is 0.333. The van der Waals surface area contributed by atoms with Crippen LogP contribution in [-0.4, -0.2) is 19.2 Å². The monoisotopic (exact) mass is 291 g/mol. The summed E-state index contributed by atoms with van der Waals surface area (Å²) in [6.45, 7) is 0. The minimum atomic E-state index is -0.357. The Morgan fingerprint density at radius 2 is 1.65 bits per heavy atom. The van der Waals surface area contributed by atoms with Gasteiger partial charge in [0.25, 0.3) is 0 Å². The number of methoxy groups -OCH3 is 2. The van der Waals surface area contributed by atoms with Crippen LogP contribution >= 0.6 is 12.2 Å². The molecule has 2 aromatic rings. The van der Waals surface area contributed by atoms with Crippen molar-refractivity contribution in [1.29, 1.82) is 0 Å². The normalized spacial score (nSPS) is 9.95. The van der Waals surface area contributed by atoms with E-state index in [4.69, 9.17) is 21.7 Å². The maximum absolute atomic E-state index is 13.6. The molecule has 20 heavy (non-hydrogen) atoms. The van der Waals surface area contributed by atoms with Gasteiger partial charge in [0.1, 0.15) is 22.3 Å². The Kier molecular flexibility index (Phi) is 4.53. The minimum Gasteiger partial charge on any atom is -0.497 e. The van der Waals surface area contributed by atoms with Crippen LogP contribution in [0, 0.1) is 5.82 Å². The molecule has 0 atom stereocenters. The van der Waals surface area contributed by atoms with Crippen LogP contribution in [0.1, 0.15) is 5.56 Å². The molecule has 0 fully saturated rings. The van der Waals surface area contributed by atoms with Crippen molar-refractivity contribution >= 4 is 22.9 Å². The van der Waals surface area contributed by atoms with Crippen LogP contribution in [0.25, 0.3) is 0 Å². The fraction of sp³-hybridized carbons (Fsp3) is 0.133. The molecule has 5 heteroatoms. The number of ether oxygens (including phenoxy) is 2. The molecule has 0 unspecified atom stereocenters. The zero-order valence-electron chi connectivity index (χ0n) is 11.1. The van der Waals surface area contributed by atoms with Gasteiger partial charge < -0.3 is 14.8 Å². The quantitative estimate of drug-likeness (QED) is 0.871. The zero-order valence-corrected chi connectivity index (χ0v) is 12.0. The van der Waals surface area contributed by atoms with Gasteiger partial charge in [0, 0.05) is 11.6 Å². The lowest BCUT2D eigenvalue weighted by molar-refractivity contribution is 0.394. The first kappa shape index (κ1) is 14.3. The molecule has 0 amide bonds. The molecule has 0 saturated heterocycles. The fourth-order valence-electron chi connectivity index (χ4n) is 1.70. The Balaban J connectivity index is 2.27. The van der Waals surface area contributed by atoms with E-state index in [1.807, 2.05) is 0 Å². The molecular formula is C15H14FNO2S. The van der Waals surface area contributed by atoms with Crippen LogP contribution in [0.15, 0.2) is 42.5 Å². The number of para-hydroxylation sites is 1. The van der Waals surface area contributed by atoms with E-state index in [0.717, 1.165) is 0 Å². The van der Waals surface area contributed by atoms with Gasteiger partial charge in [-0.05, 0) is 24.3 Å². The highest BCUT2D eigenvalue weighted by atomic mass is 32.1. The van der Waals surface area contributed by atoms with Crippen LogP contribution in [0.3, 0.4) is 0 Å². The molecule has 0 aliphatic heterocycles. The van der Waals surface area contributed by atoms with Gasteiger partial charge in [-0.1, -0.05) is 24.4 Å². The van der Waals surface area contributed by atoms with Crippen LogP contribution in [-0.2, 0) is 0 Å². The topological polar surface area (TPSA) is 30.5 Å². The van der Waals surface area contributed by atoms with Gasteiger partial charge in [-0.15, -0.1) is 0 Å². The maximum Gasteiger partial charge on any atom is 0.146 e. The Labute approximate surface area is 122 Å². The Hall–Kier alpha value is -2.14. The van der Waals surface area contributed by atoms with E-state index in [2.05, 4.69) is 5.32 Å². The molecule has 0 radical (unpaired) electrons. The lowest BCUT2D eigenvalue weighted by atomic mass is 10.2. The number of hydrogen-bond acceptors (Lipinski definition) is 3. The molecule has 0 aliphatic rings. The number of hydrogen-bond donors (Lipinski definition) is 1. The van der Waals surface area contributed by atoms with Gasteiger partial charge in [0.2, 0.25) is 0 Å². The molecule has 0 spiro atoms. The molecule has 3 nitrogen and oxygen atoms in total. The first-order valence-corrected chi connectivity index (χ1v) is 6.34. The zero-order chi connectivity index (χ0) is 14.5. The van der Waals surface area contributed by atoms with Crippen molar-refractivity contribution in [3.63, 3.8) is 0 Å². The predicted octanol–water partition coefficient (Wildman–Crippen LogP) is 3.63.